The molecule has 3 nitrogen and oxygen atoms in total. The largest absolute Gasteiger partial charge is 0.490 e. The molecular formula is C16H14O3S2. The molecule has 0 N–H and O–H groups in total. The van der Waals surface area contributed by atoms with E-state index in [0.717, 1.165) is 14.3 Å². The summed E-state index contributed by atoms with van der Waals surface area (Å²) in [6, 6.07) is 11.3. The van der Waals surface area contributed by atoms with Crippen LogP contribution in [0, 0.1) is 0 Å². The summed E-state index contributed by atoms with van der Waals surface area (Å²) < 4.78 is 12.9. The van der Waals surface area contributed by atoms with Gasteiger partial charge >= 0.3 is 0 Å². The Labute approximate surface area is 130 Å². The number of ether oxygens (including phenoxy) is 2. The van der Waals surface area contributed by atoms with E-state index in [1.165, 1.54) is 11.3 Å². The van der Waals surface area contributed by atoms with Gasteiger partial charge in [0.2, 0.25) is 5.78 Å². The summed E-state index contributed by atoms with van der Waals surface area (Å²) in [6.45, 7) is 0.928. The molecule has 5 heteroatoms. The lowest BCUT2D eigenvalue weighted by Gasteiger charge is -2.09. The molecule has 0 spiro atoms. The van der Waals surface area contributed by atoms with Gasteiger partial charge in [-0.1, -0.05) is 12.1 Å². The number of para-hydroxylation sites is 1. The molecule has 2 aromatic heterocycles. The number of carbonyl (C=O) groups is 1. The van der Waals surface area contributed by atoms with Gasteiger partial charge < -0.3 is 9.47 Å². The molecule has 0 aliphatic heterocycles. The molecule has 0 fully saturated rings. The Morgan fingerprint density at radius 2 is 2.00 bits per heavy atom. The number of hydrogen-bond acceptors (Lipinski definition) is 5. The fourth-order valence-electron chi connectivity index (χ4n) is 2.03. The van der Waals surface area contributed by atoms with Crippen molar-refractivity contribution >= 4 is 37.9 Å². The maximum absolute atomic E-state index is 12.7. The van der Waals surface area contributed by atoms with E-state index in [0.29, 0.717) is 24.5 Å². The summed E-state index contributed by atoms with van der Waals surface area (Å²) >= 11 is 3.18. The van der Waals surface area contributed by atoms with Crippen molar-refractivity contribution in [2.75, 3.05) is 20.3 Å². The summed E-state index contributed by atoms with van der Waals surface area (Å²) in [5.41, 5.74) is 0.600. The van der Waals surface area contributed by atoms with Gasteiger partial charge in [-0.3, -0.25) is 4.79 Å². The molecule has 0 amide bonds. The van der Waals surface area contributed by atoms with Crippen LogP contribution in [0.2, 0.25) is 0 Å². The van der Waals surface area contributed by atoms with Gasteiger partial charge in [0.05, 0.1) is 17.0 Å². The number of carbonyl (C=O) groups excluding carboxylic acids is 1. The van der Waals surface area contributed by atoms with Gasteiger partial charge in [0.1, 0.15) is 12.4 Å². The number of rotatable bonds is 6. The number of benzene rings is 1. The van der Waals surface area contributed by atoms with Crippen molar-refractivity contribution in [1.82, 2.24) is 0 Å². The maximum atomic E-state index is 12.7. The molecule has 2 heterocycles. The molecule has 21 heavy (non-hydrogen) atoms. The van der Waals surface area contributed by atoms with Crippen LogP contribution in [0.5, 0.6) is 5.75 Å². The van der Waals surface area contributed by atoms with Gasteiger partial charge in [0.15, 0.2) is 0 Å². The molecule has 1 aromatic carbocycles. The second-order valence-corrected chi connectivity index (χ2v) is 6.46. The van der Waals surface area contributed by atoms with E-state index >= 15 is 0 Å². The Morgan fingerprint density at radius 1 is 1.14 bits per heavy atom. The minimum atomic E-state index is 0.0106. The number of thiophene rings is 2. The van der Waals surface area contributed by atoms with Crippen LogP contribution in [-0.2, 0) is 4.74 Å². The highest BCUT2D eigenvalue weighted by atomic mass is 32.1. The van der Waals surface area contributed by atoms with Crippen LogP contribution in [-0.4, -0.2) is 26.1 Å². The molecule has 0 bridgehead atoms. The highest BCUT2D eigenvalue weighted by Gasteiger charge is 2.17. The summed E-state index contributed by atoms with van der Waals surface area (Å²) in [4.78, 5) is 13.4. The first-order chi connectivity index (χ1) is 10.3. The average Bonchev–Trinajstić information content (AvgIpc) is 3.08. The molecule has 0 unspecified atom stereocenters. The van der Waals surface area contributed by atoms with Crippen molar-refractivity contribution in [1.29, 1.82) is 0 Å². The Hall–Kier alpha value is -1.69. The Bertz CT molecular complexity index is 729. The molecule has 108 valence electrons. The lowest BCUT2D eigenvalue weighted by Crippen LogP contribution is -2.08. The summed E-state index contributed by atoms with van der Waals surface area (Å²) in [6.07, 6.45) is 0. The van der Waals surface area contributed by atoms with Gasteiger partial charge in [-0.2, -0.15) is 0 Å². The van der Waals surface area contributed by atoms with Gasteiger partial charge in [0.25, 0.3) is 0 Å². The molecule has 0 aliphatic rings. The van der Waals surface area contributed by atoms with Crippen LogP contribution in [0.15, 0.2) is 41.8 Å². The van der Waals surface area contributed by atoms with Gasteiger partial charge in [-0.15, -0.1) is 22.7 Å². The quantitative estimate of drug-likeness (QED) is 0.504. The first-order valence-electron chi connectivity index (χ1n) is 6.52. The Morgan fingerprint density at radius 3 is 2.81 bits per heavy atom. The summed E-state index contributed by atoms with van der Waals surface area (Å²) in [5, 5.41) is 2.04. The number of ketones is 1. The van der Waals surface area contributed by atoms with Gasteiger partial charge in [-0.25, -0.2) is 0 Å². The van der Waals surface area contributed by atoms with E-state index in [1.54, 1.807) is 24.5 Å². The smallest absolute Gasteiger partial charge is 0.206 e. The number of hydrogen-bond donors (Lipinski definition) is 0. The lowest BCUT2D eigenvalue weighted by atomic mass is 10.1. The van der Waals surface area contributed by atoms with Crippen LogP contribution < -0.4 is 4.74 Å². The lowest BCUT2D eigenvalue weighted by molar-refractivity contribution is 0.103. The third-order valence-electron chi connectivity index (χ3n) is 3.04. The summed E-state index contributed by atoms with van der Waals surface area (Å²) in [7, 11) is 1.62. The summed E-state index contributed by atoms with van der Waals surface area (Å²) in [5.74, 6) is 0.618. The van der Waals surface area contributed by atoms with Gasteiger partial charge in [0, 0.05) is 16.5 Å². The van der Waals surface area contributed by atoms with Crippen molar-refractivity contribution in [3.8, 4) is 5.75 Å². The van der Waals surface area contributed by atoms with E-state index in [2.05, 4.69) is 0 Å². The molecule has 0 aliphatic carbocycles. The standard InChI is InChI=1S/C16H14O3S2/c1-18-7-8-19-12-5-3-2-4-11(12)16(17)15-10-14-13(21-15)6-9-20-14/h2-6,9-10H,7-8H2,1H3. The van der Waals surface area contributed by atoms with Crippen molar-refractivity contribution in [3.63, 3.8) is 0 Å². The zero-order valence-corrected chi connectivity index (χ0v) is 13.1. The van der Waals surface area contributed by atoms with Crippen LogP contribution >= 0.6 is 22.7 Å². The molecule has 3 aromatic rings. The molecule has 3 rings (SSSR count). The fraction of sp³-hybridized carbons (Fsp3) is 0.188. The average molecular weight is 318 g/mol. The highest BCUT2D eigenvalue weighted by Crippen LogP contribution is 2.32. The van der Waals surface area contributed by atoms with E-state index in [1.807, 2.05) is 35.7 Å². The normalized spacial score (nSPS) is 10.9. The fourth-order valence-corrected chi connectivity index (χ4v) is 4.09. The second kappa shape index (κ2) is 6.39. The maximum Gasteiger partial charge on any atom is 0.206 e. The Kier molecular flexibility index (Phi) is 4.34. The van der Waals surface area contributed by atoms with E-state index < -0.39 is 0 Å². The second-order valence-electron chi connectivity index (χ2n) is 4.43. The monoisotopic (exact) mass is 318 g/mol. The first kappa shape index (κ1) is 14.3. The number of fused-ring (bicyclic) bond motifs is 1. The topological polar surface area (TPSA) is 35.5 Å². The van der Waals surface area contributed by atoms with Crippen LogP contribution in [0.3, 0.4) is 0 Å². The molecular weight excluding hydrogens is 304 g/mol. The highest BCUT2D eigenvalue weighted by molar-refractivity contribution is 7.28. The predicted octanol–water partition coefficient (Wildman–Crippen LogP) is 4.22. The first-order valence-corrected chi connectivity index (χ1v) is 8.21. The molecule has 0 radical (unpaired) electrons. The number of methoxy groups -OCH3 is 1. The van der Waals surface area contributed by atoms with Crippen molar-refractivity contribution in [2.24, 2.45) is 0 Å². The van der Waals surface area contributed by atoms with Crippen LogP contribution in [0.4, 0.5) is 0 Å². The van der Waals surface area contributed by atoms with Crippen LogP contribution in [0.25, 0.3) is 9.40 Å². The van der Waals surface area contributed by atoms with Crippen LogP contribution in [0.1, 0.15) is 15.2 Å². The van der Waals surface area contributed by atoms with Crippen molar-refractivity contribution < 1.29 is 14.3 Å². The SMILES string of the molecule is COCCOc1ccccc1C(=O)c1cc2sccc2s1. The van der Waals surface area contributed by atoms with E-state index in [9.17, 15) is 4.79 Å². The van der Waals surface area contributed by atoms with Crippen molar-refractivity contribution in [3.05, 3.63) is 52.2 Å². The zero-order chi connectivity index (χ0) is 14.7. The minimum absolute atomic E-state index is 0.0106. The molecule has 0 saturated carbocycles. The van der Waals surface area contributed by atoms with E-state index in [4.69, 9.17) is 9.47 Å². The minimum Gasteiger partial charge on any atom is -0.490 e. The Balaban J connectivity index is 1.88. The molecule has 0 saturated heterocycles. The zero-order valence-electron chi connectivity index (χ0n) is 11.5. The molecule has 0 atom stereocenters. The van der Waals surface area contributed by atoms with Gasteiger partial charge in [-0.05, 0) is 29.6 Å². The third kappa shape index (κ3) is 3.00. The third-order valence-corrected chi connectivity index (χ3v) is 5.13. The van der Waals surface area contributed by atoms with Crippen molar-refractivity contribution in [2.45, 2.75) is 0 Å². The predicted molar refractivity (Wildman–Crippen MR) is 86.9 cm³/mol. The van der Waals surface area contributed by atoms with E-state index in [-0.39, 0.29) is 5.78 Å².